The minimum absolute atomic E-state index is 0.601. The van der Waals surface area contributed by atoms with Crippen LogP contribution in [0.1, 0.15) is 47.1 Å². The molecule has 4 heteroatoms. The summed E-state index contributed by atoms with van der Waals surface area (Å²) in [5.41, 5.74) is 4.27. The van der Waals surface area contributed by atoms with E-state index in [9.17, 15) is 0 Å². The van der Waals surface area contributed by atoms with E-state index in [4.69, 9.17) is 12.2 Å². The van der Waals surface area contributed by atoms with Crippen LogP contribution in [0.4, 0.5) is 5.69 Å². The average molecular weight is 340 g/mol. The van der Waals surface area contributed by atoms with Gasteiger partial charge < -0.3 is 4.57 Å². The summed E-state index contributed by atoms with van der Waals surface area (Å²) in [6, 6.07) is 8.70. The van der Waals surface area contributed by atoms with Crippen LogP contribution in [0.15, 0.2) is 24.3 Å². The van der Waals surface area contributed by atoms with Crippen molar-refractivity contribution in [2.24, 2.45) is 0 Å². The van der Waals surface area contributed by atoms with E-state index in [0.717, 1.165) is 0 Å². The van der Waals surface area contributed by atoms with Crippen LogP contribution in [-0.2, 0) is 0 Å². The van der Waals surface area contributed by atoms with Crippen molar-refractivity contribution in [2.45, 2.75) is 65.1 Å². The summed E-state index contributed by atoms with van der Waals surface area (Å²) >= 11 is 10.2. The zero-order valence-corrected chi connectivity index (χ0v) is 17.1. The molecule has 0 saturated heterocycles. The molecule has 0 unspecified atom stereocenters. The Morgan fingerprint density at radius 2 is 1.33 bits per heavy atom. The van der Waals surface area contributed by atoms with Crippen molar-refractivity contribution < 1.29 is 0 Å². The lowest BCUT2D eigenvalue weighted by Crippen LogP contribution is -2.61. The maximum Gasteiger partial charge on any atom is 0.171 e. The molecule has 0 amide bonds. The zero-order chi connectivity index (χ0) is 16.4. The van der Waals surface area contributed by atoms with Gasteiger partial charge in [-0.2, -0.15) is 0 Å². The average Bonchev–Trinajstić information content (AvgIpc) is 2.35. The molecule has 0 heterocycles. The summed E-state index contributed by atoms with van der Waals surface area (Å²) in [4.78, 5) is 0. The number of hydrogen-bond acceptors (Lipinski definition) is 1. The summed E-state index contributed by atoms with van der Waals surface area (Å²) in [5.74, 6) is 0. The Hall–Kier alpha value is -0.323. The molecule has 21 heavy (non-hydrogen) atoms. The van der Waals surface area contributed by atoms with Crippen molar-refractivity contribution in [3.63, 3.8) is 0 Å². The summed E-state index contributed by atoms with van der Waals surface area (Å²) < 4.78 is 3.12. The smallest absolute Gasteiger partial charge is 0.171 e. The van der Waals surface area contributed by atoms with Crippen LogP contribution in [0, 0.1) is 6.92 Å². The lowest BCUT2D eigenvalue weighted by molar-refractivity contribution is 0.807. The van der Waals surface area contributed by atoms with Gasteiger partial charge in [0.2, 0.25) is 0 Å². The number of benzene rings is 1. The van der Waals surface area contributed by atoms with Gasteiger partial charge in [-0.1, -0.05) is 71.5 Å². The third kappa shape index (κ3) is 3.54. The van der Waals surface area contributed by atoms with E-state index in [1.807, 2.05) is 0 Å². The Morgan fingerprint density at radius 3 is 1.62 bits per heavy atom. The van der Waals surface area contributed by atoms with Crippen molar-refractivity contribution >= 4 is 43.1 Å². The van der Waals surface area contributed by atoms with E-state index in [0.29, 0.717) is 20.9 Å². The van der Waals surface area contributed by atoms with Crippen LogP contribution in [0.5, 0.6) is 0 Å². The molecule has 0 N–H and O–H groups in total. The second-order valence-electron chi connectivity index (χ2n) is 6.80. The largest absolute Gasteiger partial charge is 0.354 e. The van der Waals surface area contributed by atoms with Crippen LogP contribution in [0.25, 0.3) is 0 Å². The first-order valence-electron chi connectivity index (χ1n) is 7.75. The van der Waals surface area contributed by atoms with Gasteiger partial charge in [0.25, 0.3) is 0 Å². The minimum atomic E-state index is -1.86. The fourth-order valence-corrected chi connectivity index (χ4v) is 11.7. The Labute approximate surface area is 142 Å². The molecule has 0 bridgehead atoms. The molecular formula is C17H29NS2Si. The molecule has 0 aliphatic carbocycles. The first-order chi connectivity index (χ1) is 9.65. The normalized spacial score (nSPS) is 12.3. The number of rotatable bonds is 5. The van der Waals surface area contributed by atoms with Crippen molar-refractivity contribution in [2.75, 3.05) is 4.57 Å². The van der Waals surface area contributed by atoms with Crippen molar-refractivity contribution in [1.82, 2.24) is 0 Å². The molecule has 0 fully saturated rings. The molecule has 1 aromatic rings. The van der Waals surface area contributed by atoms with Gasteiger partial charge in [0.1, 0.15) is 4.32 Å². The van der Waals surface area contributed by atoms with Crippen molar-refractivity contribution in [3.05, 3.63) is 29.8 Å². The molecule has 1 aromatic carbocycles. The van der Waals surface area contributed by atoms with E-state index in [1.54, 1.807) is 0 Å². The highest BCUT2D eigenvalue weighted by Crippen LogP contribution is 2.46. The molecule has 118 valence electrons. The molecule has 1 nitrogen and oxygen atoms in total. The van der Waals surface area contributed by atoms with Gasteiger partial charge in [0.15, 0.2) is 8.24 Å². The first-order valence-corrected chi connectivity index (χ1v) is 10.8. The quantitative estimate of drug-likeness (QED) is 0.387. The highest BCUT2D eigenvalue weighted by atomic mass is 32.1. The third-order valence-electron chi connectivity index (χ3n) is 4.65. The fourth-order valence-electron chi connectivity index (χ4n) is 3.97. The number of thiocarbonyl (C=S) groups is 1. The molecule has 0 saturated carbocycles. The summed E-state index contributed by atoms with van der Waals surface area (Å²) in [5, 5.41) is 0. The molecule has 0 aliphatic heterocycles. The molecule has 0 spiro atoms. The van der Waals surface area contributed by atoms with E-state index < -0.39 is 8.24 Å². The van der Waals surface area contributed by atoms with Crippen LogP contribution < -0.4 is 4.57 Å². The molecule has 0 aliphatic rings. The number of hydrogen-bond donors (Lipinski definition) is 1. The van der Waals surface area contributed by atoms with Crippen molar-refractivity contribution in [3.8, 4) is 0 Å². The maximum absolute atomic E-state index is 5.56. The Kier molecular flexibility index (Phi) is 6.50. The predicted molar refractivity (Wildman–Crippen MR) is 106 cm³/mol. The Bertz CT molecular complexity index is 458. The maximum atomic E-state index is 5.56. The first kappa shape index (κ1) is 18.7. The van der Waals surface area contributed by atoms with E-state index >= 15 is 0 Å². The van der Waals surface area contributed by atoms with Crippen molar-refractivity contribution in [1.29, 1.82) is 0 Å². The summed E-state index contributed by atoms with van der Waals surface area (Å²) in [6.45, 7) is 16.2. The van der Waals surface area contributed by atoms with E-state index in [2.05, 4.69) is 89.9 Å². The highest BCUT2D eigenvalue weighted by Gasteiger charge is 2.49. The van der Waals surface area contributed by atoms with Gasteiger partial charge in [-0.3, -0.25) is 0 Å². The van der Waals surface area contributed by atoms with Gasteiger partial charge >= 0.3 is 0 Å². The second-order valence-corrected chi connectivity index (χ2v) is 13.6. The second kappa shape index (κ2) is 7.29. The fraction of sp³-hybridized carbons (Fsp3) is 0.588. The molecule has 0 radical (unpaired) electrons. The molecule has 0 atom stereocenters. The van der Waals surface area contributed by atoms with Crippen LogP contribution in [0.3, 0.4) is 0 Å². The Balaban J connectivity index is 3.54. The van der Waals surface area contributed by atoms with Crippen LogP contribution in [0.2, 0.25) is 16.6 Å². The SMILES string of the molecule is Cc1ccc(N(C(=S)S)[Si](C(C)C)(C(C)C)C(C)C)cc1. The lowest BCUT2D eigenvalue weighted by atomic mass is 10.2. The van der Waals surface area contributed by atoms with Gasteiger partial charge in [-0.25, -0.2) is 0 Å². The van der Waals surface area contributed by atoms with E-state index in [-0.39, 0.29) is 0 Å². The van der Waals surface area contributed by atoms with E-state index in [1.165, 1.54) is 11.3 Å². The number of thiol groups is 1. The van der Waals surface area contributed by atoms with Gasteiger partial charge in [0.05, 0.1) is 0 Å². The lowest BCUT2D eigenvalue weighted by Gasteiger charge is -2.51. The number of aryl methyl sites for hydroxylation is 1. The molecule has 0 aromatic heterocycles. The minimum Gasteiger partial charge on any atom is -0.354 e. The van der Waals surface area contributed by atoms with Crippen LogP contribution >= 0.6 is 24.8 Å². The Morgan fingerprint density at radius 1 is 0.952 bits per heavy atom. The molecular weight excluding hydrogens is 310 g/mol. The topological polar surface area (TPSA) is 3.24 Å². The monoisotopic (exact) mass is 339 g/mol. The third-order valence-corrected chi connectivity index (χ3v) is 12.2. The summed E-state index contributed by atoms with van der Waals surface area (Å²) in [6.07, 6.45) is 0. The molecule has 1 rings (SSSR count). The standard InChI is InChI=1S/C17H29NS2Si/c1-12(2)21(13(3)4,14(5)6)18(17(19)20)16-10-8-15(7)9-11-16/h8-14H,1-7H3,(H,19,20). The number of nitrogens with zero attached hydrogens (tertiary/aromatic N) is 1. The van der Waals surface area contributed by atoms with Crippen LogP contribution in [-0.4, -0.2) is 12.6 Å². The number of anilines is 1. The van der Waals surface area contributed by atoms with Gasteiger partial charge in [0, 0.05) is 5.69 Å². The zero-order valence-electron chi connectivity index (χ0n) is 14.3. The van der Waals surface area contributed by atoms with Gasteiger partial charge in [-0.05, 0) is 35.7 Å². The highest BCUT2D eigenvalue weighted by molar-refractivity contribution is 8.11. The van der Waals surface area contributed by atoms with Gasteiger partial charge in [-0.15, -0.1) is 12.6 Å². The predicted octanol–water partition coefficient (Wildman–Crippen LogP) is 6.19. The summed E-state index contributed by atoms with van der Waals surface area (Å²) in [7, 11) is -1.86.